The van der Waals surface area contributed by atoms with E-state index in [-0.39, 0.29) is 0 Å². The van der Waals surface area contributed by atoms with Gasteiger partial charge in [0.15, 0.2) is 0 Å². The summed E-state index contributed by atoms with van der Waals surface area (Å²) in [4.78, 5) is 2.44. The predicted octanol–water partition coefficient (Wildman–Crippen LogP) is 13.6. The van der Waals surface area contributed by atoms with Gasteiger partial charge in [0.25, 0.3) is 0 Å². The normalized spacial score (nSPS) is 13.8. The molecule has 0 radical (unpaired) electrons. The Labute approximate surface area is 281 Å². The number of hydrogen-bond acceptors (Lipinski definition) is 2. The van der Waals surface area contributed by atoms with Gasteiger partial charge in [-0.1, -0.05) is 141 Å². The number of hydrogen-bond donors (Lipinski definition) is 0. The summed E-state index contributed by atoms with van der Waals surface area (Å²) in [6, 6.07) is 57.2. The molecular weight excluding hydrogens is 583 g/mol. The zero-order valence-electron chi connectivity index (χ0n) is 27.0. The van der Waals surface area contributed by atoms with E-state index in [0.29, 0.717) is 5.92 Å². The van der Waals surface area contributed by atoms with Crippen LogP contribution < -0.4 is 4.90 Å². The fourth-order valence-electron chi connectivity index (χ4n) is 8.04. The summed E-state index contributed by atoms with van der Waals surface area (Å²) in [5.74, 6) is 0.598. The van der Waals surface area contributed by atoms with Crippen LogP contribution in [-0.4, -0.2) is 0 Å². The Hall–Kier alpha value is -5.60. The second-order valence-corrected chi connectivity index (χ2v) is 13.1. The summed E-state index contributed by atoms with van der Waals surface area (Å²) < 4.78 is 6.46. The van der Waals surface area contributed by atoms with Crippen LogP contribution in [0.15, 0.2) is 162 Å². The third kappa shape index (κ3) is 4.96. The van der Waals surface area contributed by atoms with Gasteiger partial charge in [-0.3, -0.25) is 0 Å². The molecule has 9 rings (SSSR count). The average molecular weight is 620 g/mol. The maximum absolute atomic E-state index is 6.46. The van der Waals surface area contributed by atoms with Crippen LogP contribution in [0.25, 0.3) is 55.0 Å². The quantitative estimate of drug-likeness (QED) is 0.184. The van der Waals surface area contributed by atoms with Crippen molar-refractivity contribution in [2.45, 2.75) is 38.0 Å². The zero-order valence-corrected chi connectivity index (χ0v) is 27.0. The number of anilines is 3. The van der Waals surface area contributed by atoms with Gasteiger partial charge in [0.2, 0.25) is 0 Å². The first-order valence-corrected chi connectivity index (χ1v) is 17.3. The van der Waals surface area contributed by atoms with Crippen LogP contribution in [-0.2, 0) is 0 Å². The van der Waals surface area contributed by atoms with Crippen LogP contribution in [0, 0.1) is 0 Å². The maximum atomic E-state index is 6.46. The molecule has 1 heterocycles. The number of fused-ring (bicyclic) bond motifs is 4. The molecule has 0 spiro atoms. The van der Waals surface area contributed by atoms with Gasteiger partial charge >= 0.3 is 0 Å². The van der Waals surface area contributed by atoms with E-state index in [4.69, 9.17) is 4.42 Å². The lowest BCUT2D eigenvalue weighted by molar-refractivity contribution is 0.445. The molecule has 0 N–H and O–H groups in total. The Morgan fingerprint density at radius 2 is 1.12 bits per heavy atom. The molecule has 1 saturated carbocycles. The lowest BCUT2D eigenvalue weighted by atomic mass is 9.80. The Morgan fingerprint density at radius 1 is 0.479 bits per heavy atom. The number of furan rings is 1. The first-order chi connectivity index (χ1) is 23.8. The van der Waals surface area contributed by atoms with E-state index in [1.165, 1.54) is 70.7 Å². The fourth-order valence-corrected chi connectivity index (χ4v) is 8.04. The third-order valence-corrected chi connectivity index (χ3v) is 10.3. The molecule has 2 heteroatoms. The van der Waals surface area contributed by atoms with Crippen LogP contribution in [0.5, 0.6) is 0 Å². The third-order valence-electron chi connectivity index (χ3n) is 10.3. The molecule has 48 heavy (non-hydrogen) atoms. The lowest BCUT2D eigenvalue weighted by Gasteiger charge is -2.30. The van der Waals surface area contributed by atoms with Gasteiger partial charge in [0.05, 0.1) is 11.4 Å². The molecule has 1 aliphatic rings. The molecule has 0 unspecified atom stereocenters. The molecule has 8 aromatic rings. The summed E-state index contributed by atoms with van der Waals surface area (Å²) in [6.45, 7) is 0. The van der Waals surface area contributed by atoms with E-state index in [2.05, 4.69) is 157 Å². The van der Waals surface area contributed by atoms with E-state index in [9.17, 15) is 0 Å². The van der Waals surface area contributed by atoms with Gasteiger partial charge in [-0.15, -0.1) is 0 Å². The molecule has 0 aliphatic heterocycles. The topological polar surface area (TPSA) is 16.4 Å². The minimum atomic E-state index is 0.598. The number of para-hydroxylation sites is 3. The number of benzene rings is 7. The highest BCUT2D eigenvalue weighted by Gasteiger charge is 2.24. The van der Waals surface area contributed by atoms with Crippen molar-refractivity contribution < 1.29 is 4.42 Å². The molecule has 232 valence electrons. The van der Waals surface area contributed by atoms with Crippen LogP contribution in [0.4, 0.5) is 17.1 Å². The predicted molar refractivity (Wildman–Crippen MR) is 203 cm³/mol. The van der Waals surface area contributed by atoms with Crippen LogP contribution >= 0.6 is 0 Å². The van der Waals surface area contributed by atoms with Crippen molar-refractivity contribution >= 4 is 49.8 Å². The molecule has 0 amide bonds. The Morgan fingerprint density at radius 3 is 1.96 bits per heavy atom. The summed E-state index contributed by atoms with van der Waals surface area (Å²) in [5.41, 5.74) is 11.5. The second kappa shape index (κ2) is 12.2. The molecular formula is C46H37NO. The van der Waals surface area contributed by atoms with Gasteiger partial charge < -0.3 is 9.32 Å². The van der Waals surface area contributed by atoms with E-state index < -0.39 is 0 Å². The smallest absolute Gasteiger partial charge is 0.137 e. The Balaban J connectivity index is 1.31. The fraction of sp³-hybridized carbons (Fsp3) is 0.130. The van der Waals surface area contributed by atoms with Gasteiger partial charge in [0.1, 0.15) is 11.2 Å². The first kappa shape index (κ1) is 28.6. The van der Waals surface area contributed by atoms with Crippen LogP contribution in [0.1, 0.15) is 43.6 Å². The van der Waals surface area contributed by atoms with Crippen molar-refractivity contribution in [3.05, 3.63) is 163 Å². The Kier molecular flexibility index (Phi) is 7.28. The maximum Gasteiger partial charge on any atom is 0.137 e. The molecule has 1 aliphatic carbocycles. The summed E-state index contributed by atoms with van der Waals surface area (Å²) in [7, 11) is 0. The second-order valence-electron chi connectivity index (χ2n) is 13.1. The molecule has 0 atom stereocenters. The molecule has 0 saturated heterocycles. The van der Waals surface area contributed by atoms with E-state index in [0.717, 1.165) is 39.0 Å². The highest BCUT2D eigenvalue weighted by atomic mass is 16.3. The SMILES string of the molecule is c1ccc(-c2ccccc2N(c2ccc3c(c2)oc2ccccc23)c2ccccc2-c2cccc3cccc(C4CCCCC4)c23)cc1. The average Bonchev–Trinajstić information content (AvgIpc) is 3.54. The highest BCUT2D eigenvalue weighted by molar-refractivity contribution is 6.08. The standard InChI is InChI=1S/C46H37NO/c1-3-15-32(16-4-1)36-21-7-10-26-42(36)47(35-29-30-40-39-23-9-12-28-44(39)48-45(40)31-35)43-27-11-8-22-38(43)41-25-14-20-34-19-13-24-37(46(34)41)33-17-5-2-6-18-33/h1,3-4,7-16,19-31,33H,2,5-6,17-18H2. The van der Waals surface area contributed by atoms with Gasteiger partial charge in [-0.2, -0.15) is 0 Å². The van der Waals surface area contributed by atoms with Crippen molar-refractivity contribution in [2.24, 2.45) is 0 Å². The molecule has 2 nitrogen and oxygen atoms in total. The highest BCUT2D eigenvalue weighted by Crippen LogP contribution is 2.48. The largest absolute Gasteiger partial charge is 0.456 e. The summed E-state index contributed by atoms with van der Waals surface area (Å²) in [6.07, 6.45) is 6.51. The van der Waals surface area contributed by atoms with E-state index in [1.54, 1.807) is 0 Å². The molecule has 1 aromatic heterocycles. The van der Waals surface area contributed by atoms with Crippen molar-refractivity contribution in [3.63, 3.8) is 0 Å². The van der Waals surface area contributed by atoms with Gasteiger partial charge in [0, 0.05) is 33.7 Å². The minimum absolute atomic E-state index is 0.598. The molecule has 0 bridgehead atoms. The molecule has 7 aromatic carbocycles. The lowest BCUT2D eigenvalue weighted by Crippen LogP contribution is -2.12. The van der Waals surface area contributed by atoms with Crippen molar-refractivity contribution in [1.29, 1.82) is 0 Å². The van der Waals surface area contributed by atoms with Crippen molar-refractivity contribution in [3.8, 4) is 22.3 Å². The van der Waals surface area contributed by atoms with Gasteiger partial charge in [-0.05, 0) is 76.6 Å². The number of rotatable bonds is 6. The number of nitrogens with zero attached hydrogens (tertiary/aromatic N) is 1. The van der Waals surface area contributed by atoms with Crippen LogP contribution in [0.2, 0.25) is 0 Å². The minimum Gasteiger partial charge on any atom is -0.456 e. The van der Waals surface area contributed by atoms with E-state index in [1.807, 2.05) is 6.07 Å². The summed E-state index contributed by atoms with van der Waals surface area (Å²) in [5, 5.41) is 4.97. The van der Waals surface area contributed by atoms with Crippen LogP contribution in [0.3, 0.4) is 0 Å². The van der Waals surface area contributed by atoms with Crippen molar-refractivity contribution in [2.75, 3.05) is 4.90 Å². The summed E-state index contributed by atoms with van der Waals surface area (Å²) >= 11 is 0. The van der Waals surface area contributed by atoms with Crippen molar-refractivity contribution in [1.82, 2.24) is 0 Å². The zero-order chi connectivity index (χ0) is 31.9. The van der Waals surface area contributed by atoms with E-state index >= 15 is 0 Å². The monoisotopic (exact) mass is 619 g/mol. The molecule has 1 fully saturated rings. The first-order valence-electron chi connectivity index (χ1n) is 17.3. The Bertz CT molecular complexity index is 2390. The van der Waals surface area contributed by atoms with Gasteiger partial charge in [-0.25, -0.2) is 0 Å².